The summed E-state index contributed by atoms with van der Waals surface area (Å²) in [4.78, 5) is 29.5. The fraction of sp³-hybridized carbons (Fsp3) is 0.500. The van der Waals surface area contributed by atoms with Gasteiger partial charge in [-0.25, -0.2) is 4.39 Å². The van der Waals surface area contributed by atoms with Crippen molar-refractivity contribution in [3.8, 4) is 5.75 Å². The molecule has 1 atom stereocenters. The highest BCUT2D eigenvalue weighted by Gasteiger charge is 2.15. The number of nitrogens with one attached hydrogen (secondary N) is 1. The summed E-state index contributed by atoms with van der Waals surface area (Å²) in [5.41, 5.74) is 5.97. The maximum atomic E-state index is 13.6. The third kappa shape index (κ3) is 6.66. The predicted octanol–water partition coefficient (Wildman–Crippen LogP) is 2.77. The highest BCUT2D eigenvalue weighted by Crippen LogP contribution is 2.37. The number of alkyl halides is 1. The Hall–Kier alpha value is -1.27. The minimum Gasteiger partial charge on any atom is -0.427 e. The van der Waals surface area contributed by atoms with Crippen LogP contribution < -0.4 is 15.6 Å². The fourth-order valence-electron chi connectivity index (χ4n) is 1.94. The number of benzene rings is 1. The van der Waals surface area contributed by atoms with Gasteiger partial charge in [0.2, 0.25) is 5.91 Å². The van der Waals surface area contributed by atoms with Crippen molar-refractivity contribution in [3.05, 3.63) is 23.8 Å². The van der Waals surface area contributed by atoms with Crippen LogP contribution in [-0.4, -0.2) is 22.2 Å². The average molecular weight is 332 g/mol. The molecule has 0 spiro atoms. The second-order valence-corrected chi connectivity index (χ2v) is 5.55. The van der Waals surface area contributed by atoms with Gasteiger partial charge in [0, 0.05) is 17.7 Å². The van der Waals surface area contributed by atoms with Gasteiger partial charge in [-0.15, -0.1) is 0 Å². The number of nitrogens with two attached hydrogens (primary N) is 1. The lowest BCUT2D eigenvalue weighted by Gasteiger charge is -2.14. The maximum absolute atomic E-state index is 13.6. The maximum Gasteiger partial charge on any atom is 0.391 e. The lowest BCUT2D eigenvalue weighted by molar-refractivity contribution is -0.116. The Morgan fingerprint density at radius 1 is 1.41 bits per heavy atom. The van der Waals surface area contributed by atoms with E-state index < -0.39 is 14.8 Å². The smallest absolute Gasteiger partial charge is 0.391 e. The molecule has 0 aliphatic rings. The molecule has 8 heteroatoms. The van der Waals surface area contributed by atoms with Gasteiger partial charge >= 0.3 is 8.60 Å². The summed E-state index contributed by atoms with van der Waals surface area (Å²) >= 11 is 0. The summed E-state index contributed by atoms with van der Waals surface area (Å²) in [5.74, 6) is -0.109. The number of anilines is 1. The Morgan fingerprint density at radius 3 is 2.73 bits per heavy atom. The topological polar surface area (TPSA) is 105 Å². The van der Waals surface area contributed by atoms with Gasteiger partial charge in [-0.3, -0.25) is 4.79 Å². The molecular formula is C14H22FN2O4P. The first-order valence-corrected chi connectivity index (χ1v) is 8.24. The fourth-order valence-corrected chi connectivity index (χ4v) is 2.28. The second-order valence-electron chi connectivity index (χ2n) is 4.86. The van der Waals surface area contributed by atoms with Crippen molar-refractivity contribution in [2.45, 2.75) is 38.8 Å². The van der Waals surface area contributed by atoms with Gasteiger partial charge in [-0.2, -0.15) is 0 Å². The van der Waals surface area contributed by atoms with E-state index in [4.69, 9.17) is 20.0 Å². The average Bonchev–Trinajstić information content (AvgIpc) is 2.44. The Labute approximate surface area is 130 Å². The summed E-state index contributed by atoms with van der Waals surface area (Å²) in [6, 6.07) is 4.35. The van der Waals surface area contributed by atoms with Crippen LogP contribution in [0.2, 0.25) is 0 Å². The van der Waals surface area contributed by atoms with Gasteiger partial charge in [-0.1, -0.05) is 6.42 Å². The van der Waals surface area contributed by atoms with Gasteiger partial charge in [0.1, 0.15) is 11.9 Å². The van der Waals surface area contributed by atoms with E-state index in [9.17, 15) is 9.18 Å². The van der Waals surface area contributed by atoms with Crippen LogP contribution in [0.15, 0.2) is 18.2 Å². The number of rotatable bonds is 9. The number of hydrogen-bond donors (Lipinski definition) is 4. The van der Waals surface area contributed by atoms with E-state index in [0.717, 1.165) is 19.3 Å². The van der Waals surface area contributed by atoms with E-state index >= 15 is 0 Å². The number of unbranched alkanes of at least 4 members (excludes halogenated alkanes) is 2. The van der Waals surface area contributed by atoms with Crippen molar-refractivity contribution in [1.82, 2.24) is 0 Å². The van der Waals surface area contributed by atoms with Gasteiger partial charge < -0.3 is 25.4 Å². The zero-order valence-corrected chi connectivity index (χ0v) is 13.4. The number of hydrogen-bond acceptors (Lipinski definition) is 5. The molecule has 1 unspecified atom stereocenters. The molecule has 1 aromatic rings. The van der Waals surface area contributed by atoms with E-state index in [-0.39, 0.29) is 17.2 Å². The Morgan fingerprint density at radius 2 is 2.14 bits per heavy atom. The first-order chi connectivity index (χ1) is 10.4. The first-order valence-electron chi connectivity index (χ1n) is 7.07. The van der Waals surface area contributed by atoms with Crippen molar-refractivity contribution in [1.29, 1.82) is 0 Å². The molecule has 0 fully saturated rings. The molecule has 0 aliphatic carbocycles. The zero-order valence-electron chi connectivity index (χ0n) is 12.5. The van der Waals surface area contributed by atoms with E-state index in [0.29, 0.717) is 18.7 Å². The van der Waals surface area contributed by atoms with Gasteiger partial charge in [0.15, 0.2) is 0 Å². The van der Waals surface area contributed by atoms with Crippen LogP contribution in [0.1, 0.15) is 44.3 Å². The number of halogens is 1. The molecule has 0 heterocycles. The first kappa shape index (κ1) is 18.8. The number of carbonyl (C=O) groups excluding carboxylic acids is 1. The molecule has 1 rings (SSSR count). The SMILES string of the molecule is CC(F)c1cc(NC(=O)CCCCCN)ccc1OP(O)O. The van der Waals surface area contributed by atoms with Gasteiger partial charge in [0.05, 0.1) is 0 Å². The van der Waals surface area contributed by atoms with Crippen LogP contribution in [0.25, 0.3) is 0 Å². The summed E-state index contributed by atoms with van der Waals surface area (Å²) < 4.78 is 18.4. The predicted molar refractivity (Wildman–Crippen MR) is 84.1 cm³/mol. The van der Waals surface area contributed by atoms with Crippen molar-refractivity contribution in [3.63, 3.8) is 0 Å². The van der Waals surface area contributed by atoms with E-state index in [1.54, 1.807) is 0 Å². The molecule has 0 saturated carbocycles. The van der Waals surface area contributed by atoms with Crippen molar-refractivity contribution in [2.75, 3.05) is 11.9 Å². The number of amides is 1. The molecule has 5 N–H and O–H groups in total. The van der Waals surface area contributed by atoms with E-state index in [2.05, 4.69) is 5.32 Å². The minimum absolute atomic E-state index is 0.0482. The summed E-state index contributed by atoms with van der Waals surface area (Å²) in [6.07, 6.45) is 1.52. The van der Waals surface area contributed by atoms with Crippen LogP contribution >= 0.6 is 8.60 Å². The second kappa shape index (κ2) is 9.69. The quantitative estimate of drug-likeness (QED) is 0.411. The zero-order chi connectivity index (χ0) is 16.5. The summed E-state index contributed by atoms with van der Waals surface area (Å²) in [5, 5.41) is 2.68. The van der Waals surface area contributed by atoms with Crippen LogP contribution in [0.4, 0.5) is 10.1 Å². The molecule has 0 bridgehead atoms. The third-order valence-corrected chi connectivity index (χ3v) is 3.37. The van der Waals surface area contributed by atoms with Gasteiger partial charge in [0.25, 0.3) is 0 Å². The molecule has 1 aromatic carbocycles. The van der Waals surface area contributed by atoms with E-state index in [1.165, 1.54) is 25.1 Å². The van der Waals surface area contributed by atoms with Crippen LogP contribution in [0, 0.1) is 0 Å². The molecule has 0 radical (unpaired) electrons. The molecule has 0 aromatic heterocycles. The molecule has 124 valence electrons. The largest absolute Gasteiger partial charge is 0.427 e. The standard InChI is InChI=1S/C14H22FN2O4P/c1-10(15)12-9-11(6-7-13(12)21-22(19)20)17-14(18)5-3-2-4-8-16/h6-7,9-10,19-20H,2-5,8,16H2,1H3,(H,17,18). The van der Waals surface area contributed by atoms with Crippen molar-refractivity contribution in [2.24, 2.45) is 5.73 Å². The highest BCUT2D eigenvalue weighted by molar-refractivity contribution is 7.39. The minimum atomic E-state index is -2.62. The molecular weight excluding hydrogens is 310 g/mol. The Balaban J connectivity index is 2.67. The molecule has 22 heavy (non-hydrogen) atoms. The number of carbonyl (C=O) groups is 1. The monoisotopic (exact) mass is 332 g/mol. The molecule has 6 nitrogen and oxygen atoms in total. The Kier molecular flexibility index (Phi) is 8.27. The lowest BCUT2D eigenvalue weighted by atomic mass is 10.1. The molecule has 0 aliphatic heterocycles. The van der Waals surface area contributed by atoms with Crippen molar-refractivity contribution >= 4 is 20.2 Å². The molecule has 1 amide bonds. The van der Waals surface area contributed by atoms with Crippen LogP contribution in [0.5, 0.6) is 5.75 Å². The highest BCUT2D eigenvalue weighted by atomic mass is 31.2. The normalized spacial score (nSPS) is 12.3. The van der Waals surface area contributed by atoms with Crippen molar-refractivity contribution < 1.29 is 23.5 Å². The summed E-state index contributed by atoms with van der Waals surface area (Å²) in [6.45, 7) is 1.91. The van der Waals surface area contributed by atoms with E-state index in [1.807, 2.05) is 0 Å². The Bertz CT molecular complexity index is 486. The summed E-state index contributed by atoms with van der Waals surface area (Å²) in [7, 11) is -2.62. The lowest BCUT2D eigenvalue weighted by Crippen LogP contribution is -2.11. The van der Waals surface area contributed by atoms with Crippen LogP contribution in [0.3, 0.4) is 0 Å². The third-order valence-electron chi connectivity index (χ3n) is 3.01. The van der Waals surface area contributed by atoms with Crippen LogP contribution in [-0.2, 0) is 4.79 Å². The molecule has 0 saturated heterocycles. The van der Waals surface area contributed by atoms with Gasteiger partial charge in [-0.05, 0) is 44.5 Å².